The molecular formula is C34H33F3OS. The maximum absolute atomic E-state index is 13.8. The van der Waals surface area contributed by atoms with Crippen molar-refractivity contribution in [3.63, 3.8) is 0 Å². The van der Waals surface area contributed by atoms with Crippen molar-refractivity contribution in [2.24, 2.45) is 5.41 Å². The highest BCUT2D eigenvalue weighted by atomic mass is 32.2. The van der Waals surface area contributed by atoms with Gasteiger partial charge in [-0.15, -0.1) is 0 Å². The van der Waals surface area contributed by atoms with Crippen molar-refractivity contribution in [2.75, 3.05) is 7.11 Å². The number of fused-ring (bicyclic) bond motifs is 7. The first-order valence-electron chi connectivity index (χ1n) is 13.8. The molecule has 0 bridgehead atoms. The molecule has 1 nitrogen and oxygen atoms in total. The molecule has 5 heteroatoms. The van der Waals surface area contributed by atoms with E-state index in [-0.39, 0.29) is 10.3 Å². The van der Waals surface area contributed by atoms with Crippen LogP contribution in [0.3, 0.4) is 0 Å². The number of benzene rings is 4. The van der Waals surface area contributed by atoms with Crippen LogP contribution in [0.5, 0.6) is 5.75 Å². The molecule has 6 rings (SSSR count). The smallest absolute Gasteiger partial charge is 0.417 e. The van der Waals surface area contributed by atoms with E-state index in [0.29, 0.717) is 16.1 Å². The Morgan fingerprint density at radius 1 is 0.795 bits per heavy atom. The number of ether oxygens (including phenoxy) is 1. The maximum Gasteiger partial charge on any atom is 0.417 e. The second-order valence-electron chi connectivity index (χ2n) is 11.1. The van der Waals surface area contributed by atoms with Gasteiger partial charge in [-0.1, -0.05) is 87.0 Å². The summed E-state index contributed by atoms with van der Waals surface area (Å²) in [6.07, 6.45) is 2.68. The van der Waals surface area contributed by atoms with Crippen molar-refractivity contribution in [3.05, 3.63) is 89.5 Å². The molecule has 1 fully saturated rings. The Morgan fingerprint density at radius 3 is 2.18 bits per heavy atom. The van der Waals surface area contributed by atoms with Crippen molar-refractivity contribution >= 4 is 22.5 Å². The van der Waals surface area contributed by atoms with Crippen LogP contribution in [-0.2, 0) is 11.6 Å². The van der Waals surface area contributed by atoms with Gasteiger partial charge in [-0.2, -0.15) is 13.2 Å². The summed E-state index contributed by atoms with van der Waals surface area (Å²) in [6, 6.07) is 23.0. The third-order valence-electron chi connectivity index (χ3n) is 9.61. The van der Waals surface area contributed by atoms with Gasteiger partial charge in [0.15, 0.2) is 0 Å². The monoisotopic (exact) mass is 546 g/mol. The fourth-order valence-corrected chi connectivity index (χ4v) is 8.23. The minimum absolute atomic E-state index is 0.00985. The van der Waals surface area contributed by atoms with E-state index in [4.69, 9.17) is 4.74 Å². The molecule has 0 radical (unpaired) electrons. The Balaban J connectivity index is 1.53. The van der Waals surface area contributed by atoms with Crippen LogP contribution in [0.4, 0.5) is 13.2 Å². The molecule has 2 aliphatic rings. The van der Waals surface area contributed by atoms with Gasteiger partial charge in [0, 0.05) is 10.3 Å². The average molecular weight is 547 g/mol. The van der Waals surface area contributed by atoms with Crippen LogP contribution in [0.25, 0.3) is 21.9 Å². The van der Waals surface area contributed by atoms with E-state index in [2.05, 4.69) is 50.2 Å². The maximum atomic E-state index is 13.8. The number of hydrogen-bond acceptors (Lipinski definition) is 2. The highest BCUT2D eigenvalue weighted by molar-refractivity contribution is 7.99. The largest absolute Gasteiger partial charge is 0.496 e. The number of methoxy groups -OCH3 is 1. The molecule has 0 heterocycles. The molecule has 2 aliphatic carbocycles. The zero-order chi connectivity index (χ0) is 27.4. The Hall–Kier alpha value is -2.92. The predicted octanol–water partition coefficient (Wildman–Crippen LogP) is 10.7. The van der Waals surface area contributed by atoms with Crippen LogP contribution in [0.2, 0.25) is 0 Å². The van der Waals surface area contributed by atoms with E-state index in [1.165, 1.54) is 60.1 Å². The Kier molecular flexibility index (Phi) is 6.49. The van der Waals surface area contributed by atoms with E-state index in [9.17, 15) is 13.2 Å². The Bertz CT molecular complexity index is 1540. The minimum Gasteiger partial charge on any atom is -0.496 e. The topological polar surface area (TPSA) is 9.23 Å². The quantitative estimate of drug-likeness (QED) is 0.246. The Labute approximate surface area is 232 Å². The molecule has 0 amide bonds. The van der Waals surface area contributed by atoms with Gasteiger partial charge in [-0.3, -0.25) is 0 Å². The number of rotatable bonds is 5. The zero-order valence-electron chi connectivity index (χ0n) is 22.6. The lowest BCUT2D eigenvalue weighted by Crippen LogP contribution is -2.36. The molecule has 4 aromatic rings. The van der Waals surface area contributed by atoms with Crippen molar-refractivity contribution in [3.8, 4) is 16.9 Å². The van der Waals surface area contributed by atoms with E-state index < -0.39 is 11.7 Å². The van der Waals surface area contributed by atoms with Gasteiger partial charge in [0.1, 0.15) is 5.75 Å². The van der Waals surface area contributed by atoms with Crippen molar-refractivity contribution in [1.82, 2.24) is 0 Å². The summed E-state index contributed by atoms with van der Waals surface area (Å²) in [7, 11) is 1.58. The van der Waals surface area contributed by atoms with E-state index >= 15 is 0 Å². The molecular weight excluding hydrogens is 513 g/mol. The van der Waals surface area contributed by atoms with Crippen molar-refractivity contribution in [1.29, 1.82) is 0 Å². The fraction of sp³-hybridized carbons (Fsp3) is 0.353. The molecule has 39 heavy (non-hydrogen) atoms. The lowest BCUT2D eigenvalue weighted by molar-refractivity contribution is -0.139. The summed E-state index contributed by atoms with van der Waals surface area (Å²) in [5.41, 5.74) is 5.05. The lowest BCUT2D eigenvalue weighted by Gasteiger charge is -2.45. The summed E-state index contributed by atoms with van der Waals surface area (Å²) < 4.78 is 47.1. The van der Waals surface area contributed by atoms with Crippen molar-refractivity contribution in [2.45, 2.75) is 73.8 Å². The van der Waals surface area contributed by atoms with Crippen LogP contribution >= 0.6 is 11.8 Å². The van der Waals surface area contributed by atoms with E-state index in [0.717, 1.165) is 41.4 Å². The van der Waals surface area contributed by atoms with E-state index in [1.54, 1.807) is 13.2 Å². The van der Waals surface area contributed by atoms with Gasteiger partial charge in [0.25, 0.3) is 0 Å². The van der Waals surface area contributed by atoms with Gasteiger partial charge in [-0.25, -0.2) is 0 Å². The van der Waals surface area contributed by atoms with Gasteiger partial charge < -0.3 is 4.74 Å². The molecule has 1 spiro atoms. The third kappa shape index (κ3) is 4.16. The summed E-state index contributed by atoms with van der Waals surface area (Å²) in [4.78, 5) is 0.864. The molecule has 0 atom stereocenters. The van der Waals surface area contributed by atoms with Crippen molar-refractivity contribution < 1.29 is 17.9 Å². The summed E-state index contributed by atoms with van der Waals surface area (Å²) in [5, 5.41) is 2.12. The summed E-state index contributed by atoms with van der Waals surface area (Å²) in [6.45, 7) is 4.66. The molecule has 4 aromatic carbocycles. The minimum atomic E-state index is -4.42. The van der Waals surface area contributed by atoms with Gasteiger partial charge in [-0.05, 0) is 88.4 Å². The molecule has 1 saturated carbocycles. The zero-order valence-corrected chi connectivity index (χ0v) is 23.4. The molecule has 0 N–H and O–H groups in total. The van der Waals surface area contributed by atoms with Gasteiger partial charge in [0.05, 0.1) is 17.6 Å². The van der Waals surface area contributed by atoms with Crippen LogP contribution < -0.4 is 4.74 Å². The average Bonchev–Trinajstić information content (AvgIpc) is 3.23. The first-order valence-corrected chi connectivity index (χ1v) is 14.7. The first-order chi connectivity index (χ1) is 18.7. The highest BCUT2D eigenvalue weighted by Gasteiger charge is 2.48. The lowest BCUT2D eigenvalue weighted by atomic mass is 9.58. The summed E-state index contributed by atoms with van der Waals surface area (Å²) >= 11 is 1.12. The fourth-order valence-electron chi connectivity index (χ4n) is 7.13. The Morgan fingerprint density at radius 2 is 1.49 bits per heavy atom. The van der Waals surface area contributed by atoms with Crippen LogP contribution in [0.1, 0.15) is 69.1 Å². The second-order valence-corrected chi connectivity index (χ2v) is 12.2. The first kappa shape index (κ1) is 26.3. The molecule has 0 aliphatic heterocycles. The molecule has 0 saturated heterocycles. The van der Waals surface area contributed by atoms with Crippen LogP contribution in [0.15, 0.2) is 82.6 Å². The molecule has 202 valence electrons. The van der Waals surface area contributed by atoms with Crippen LogP contribution in [-0.4, -0.2) is 7.11 Å². The number of alkyl halides is 3. The number of halogens is 3. The highest BCUT2D eigenvalue weighted by Crippen LogP contribution is 2.61. The predicted molar refractivity (Wildman–Crippen MR) is 154 cm³/mol. The standard InChI is InChI=1S/C34H33F3OS/c1-4-32(5-2)16-18-33(19-17-32)25-11-7-6-10-23(25)31-24-21-30(28(38-3)20-22(24)14-15-27(31)33)39-29-13-9-8-12-26(29)34(35,36)37/h6-15,20-21H,4-5,16-19H2,1-3H3. The molecule has 0 aromatic heterocycles. The normalized spacial score (nSPS) is 17.3. The van der Waals surface area contributed by atoms with Gasteiger partial charge in [0.2, 0.25) is 0 Å². The number of hydrogen-bond donors (Lipinski definition) is 0. The second kappa shape index (κ2) is 9.62. The van der Waals surface area contributed by atoms with Crippen LogP contribution in [0, 0.1) is 5.41 Å². The SMILES string of the molecule is CCC1(CC)CCC2(CC1)c1ccccc1-c1c2ccc2cc(OC)c(Sc3ccccc3C(F)(F)F)cc12. The molecule has 0 unspecified atom stereocenters. The third-order valence-corrected chi connectivity index (χ3v) is 10.7. The van der Waals surface area contributed by atoms with E-state index in [1.807, 2.05) is 12.1 Å². The summed E-state index contributed by atoms with van der Waals surface area (Å²) in [5.74, 6) is 0.582. The van der Waals surface area contributed by atoms with Gasteiger partial charge >= 0.3 is 6.18 Å².